The maximum absolute atomic E-state index is 14.1. The Kier molecular flexibility index (Phi) is 5.00. The number of carbonyl (C=O) groups excluding carboxylic acids is 1. The number of aryl methyl sites for hydroxylation is 2. The lowest BCUT2D eigenvalue weighted by Gasteiger charge is -2.09. The Hall–Kier alpha value is -3.14. The van der Waals surface area contributed by atoms with Crippen LogP contribution in [-0.2, 0) is 15.6 Å². The average Bonchev–Trinajstić information content (AvgIpc) is 3.06. The summed E-state index contributed by atoms with van der Waals surface area (Å²) in [6.07, 6.45) is 0.974. The van der Waals surface area contributed by atoms with E-state index >= 15 is 0 Å². The van der Waals surface area contributed by atoms with Gasteiger partial charge in [0, 0.05) is 11.3 Å². The number of hydrogen-bond donors (Lipinski definition) is 1. The van der Waals surface area contributed by atoms with Crippen molar-refractivity contribution in [3.63, 3.8) is 0 Å². The Balaban J connectivity index is 1.89. The van der Waals surface area contributed by atoms with Crippen LogP contribution in [0.3, 0.4) is 0 Å². The second kappa shape index (κ2) is 7.23. The molecular weight excluding hydrogens is 375 g/mol. The smallest absolute Gasteiger partial charge is 0.256 e. The van der Waals surface area contributed by atoms with Crippen molar-refractivity contribution in [2.45, 2.75) is 24.5 Å². The minimum atomic E-state index is -4.11. The Morgan fingerprint density at radius 3 is 2.67 bits per heavy atom. The van der Waals surface area contributed by atoms with Crippen LogP contribution >= 0.6 is 0 Å². The fraction of sp³-hybridized carbons (Fsp3) is 0.176. The third kappa shape index (κ3) is 4.34. The highest BCUT2D eigenvalue weighted by Crippen LogP contribution is 2.21. The van der Waals surface area contributed by atoms with E-state index in [1.165, 1.54) is 6.07 Å². The van der Waals surface area contributed by atoms with E-state index in [4.69, 9.17) is 0 Å². The van der Waals surface area contributed by atoms with Crippen molar-refractivity contribution in [1.82, 2.24) is 15.1 Å². The van der Waals surface area contributed by atoms with Gasteiger partial charge >= 0.3 is 0 Å². The highest BCUT2D eigenvalue weighted by molar-refractivity contribution is 7.90. The van der Waals surface area contributed by atoms with E-state index < -0.39 is 32.2 Å². The van der Waals surface area contributed by atoms with Gasteiger partial charge in [-0.15, -0.1) is 0 Å². The zero-order valence-corrected chi connectivity index (χ0v) is 15.2. The molecule has 0 aliphatic carbocycles. The molecule has 0 aliphatic heterocycles. The van der Waals surface area contributed by atoms with E-state index in [1.54, 1.807) is 13.0 Å². The van der Waals surface area contributed by atoms with E-state index in [9.17, 15) is 17.6 Å². The molecule has 0 bridgehead atoms. The molecule has 0 atom stereocenters. The van der Waals surface area contributed by atoms with E-state index in [0.717, 1.165) is 24.1 Å². The number of aromatic nitrogens is 3. The second-order valence-electron chi connectivity index (χ2n) is 5.88. The molecule has 2 aromatic heterocycles. The van der Waals surface area contributed by atoms with Crippen LogP contribution in [0.5, 0.6) is 0 Å². The van der Waals surface area contributed by atoms with Crippen molar-refractivity contribution in [2.24, 2.45) is 0 Å². The number of benzene rings is 1. The molecule has 0 aliphatic rings. The number of carbonyl (C=O) groups is 1. The van der Waals surface area contributed by atoms with Gasteiger partial charge in [-0.1, -0.05) is 5.16 Å². The van der Waals surface area contributed by atoms with Crippen molar-refractivity contribution in [3.05, 3.63) is 65.2 Å². The fourth-order valence-electron chi connectivity index (χ4n) is 2.48. The van der Waals surface area contributed by atoms with Crippen LogP contribution in [-0.4, -0.2) is 29.4 Å². The minimum Gasteiger partial charge on any atom is -0.343 e. The molecule has 0 fully saturated rings. The van der Waals surface area contributed by atoms with Gasteiger partial charge < -0.3 is 9.84 Å². The number of hydrogen-bond acceptors (Lipinski definition) is 7. The lowest BCUT2D eigenvalue weighted by Crippen LogP contribution is -2.15. The number of halogens is 1. The van der Waals surface area contributed by atoms with Gasteiger partial charge in [0.1, 0.15) is 22.3 Å². The molecule has 8 nitrogen and oxygen atoms in total. The number of nitrogens with zero attached hydrogens (tertiary/aromatic N) is 3. The standard InChI is InChI=1S/C17H15FN4O4S/c1-10-5-11(2)20-15(6-10)21-17(23)12-3-4-13(18)14(7-12)27(24,25)8-16-19-9-26-22-16/h3-7,9H,8H2,1-2H3,(H,20,21,23). The van der Waals surface area contributed by atoms with Gasteiger partial charge in [0.15, 0.2) is 15.7 Å². The van der Waals surface area contributed by atoms with Crippen molar-refractivity contribution < 1.29 is 22.1 Å². The largest absolute Gasteiger partial charge is 0.343 e. The summed E-state index contributed by atoms with van der Waals surface area (Å²) in [5, 5.41) is 5.99. The molecule has 1 amide bonds. The van der Waals surface area contributed by atoms with Crippen molar-refractivity contribution >= 4 is 21.6 Å². The Morgan fingerprint density at radius 2 is 2.00 bits per heavy atom. The molecular formula is C17H15FN4O4S. The van der Waals surface area contributed by atoms with Gasteiger partial charge in [-0.25, -0.2) is 17.8 Å². The summed E-state index contributed by atoms with van der Waals surface area (Å²) < 4.78 is 43.5. The molecule has 140 valence electrons. The lowest BCUT2D eigenvalue weighted by atomic mass is 10.2. The Morgan fingerprint density at radius 1 is 1.22 bits per heavy atom. The van der Waals surface area contributed by atoms with E-state index in [2.05, 4.69) is 25.0 Å². The van der Waals surface area contributed by atoms with E-state index in [-0.39, 0.29) is 11.4 Å². The van der Waals surface area contributed by atoms with Crippen LogP contribution < -0.4 is 5.32 Å². The first-order chi connectivity index (χ1) is 12.7. The summed E-state index contributed by atoms with van der Waals surface area (Å²) >= 11 is 0. The molecule has 1 aromatic carbocycles. The number of sulfone groups is 1. The summed E-state index contributed by atoms with van der Waals surface area (Å²) in [6, 6.07) is 6.61. The number of anilines is 1. The monoisotopic (exact) mass is 390 g/mol. The van der Waals surface area contributed by atoms with Gasteiger partial charge in [-0.2, -0.15) is 4.98 Å². The summed E-state index contributed by atoms with van der Waals surface area (Å²) in [7, 11) is -4.11. The maximum Gasteiger partial charge on any atom is 0.256 e. The zero-order valence-electron chi connectivity index (χ0n) is 14.4. The predicted octanol–water partition coefficient (Wildman–Crippen LogP) is 2.45. The number of amides is 1. The van der Waals surface area contributed by atoms with E-state index in [1.807, 2.05) is 13.0 Å². The Labute approximate surface area is 154 Å². The fourth-order valence-corrected chi connectivity index (χ4v) is 3.77. The van der Waals surface area contributed by atoms with Crippen LogP contribution in [0, 0.1) is 19.7 Å². The minimum absolute atomic E-state index is 0.0240. The Bertz CT molecular complexity index is 1080. The SMILES string of the molecule is Cc1cc(C)nc(NC(=O)c2ccc(F)c(S(=O)(=O)Cc3ncon3)c2)c1. The lowest BCUT2D eigenvalue weighted by molar-refractivity contribution is 0.102. The zero-order chi connectivity index (χ0) is 19.6. The first-order valence-electron chi connectivity index (χ1n) is 7.79. The third-order valence-electron chi connectivity index (χ3n) is 3.59. The van der Waals surface area contributed by atoms with Crippen LogP contribution in [0.2, 0.25) is 0 Å². The molecule has 0 radical (unpaired) electrons. The molecule has 3 aromatic rings. The molecule has 0 saturated carbocycles. The van der Waals surface area contributed by atoms with Gasteiger partial charge in [-0.05, 0) is 49.7 Å². The predicted molar refractivity (Wildman–Crippen MR) is 93.3 cm³/mol. The third-order valence-corrected chi connectivity index (χ3v) is 5.22. The van der Waals surface area contributed by atoms with Gasteiger partial charge in [0.2, 0.25) is 6.39 Å². The molecule has 2 heterocycles. The van der Waals surface area contributed by atoms with Gasteiger partial charge in [-0.3, -0.25) is 4.79 Å². The van der Waals surface area contributed by atoms with Crippen molar-refractivity contribution in [2.75, 3.05) is 5.32 Å². The molecule has 1 N–H and O–H groups in total. The van der Waals surface area contributed by atoms with Crippen LogP contribution in [0.4, 0.5) is 10.2 Å². The topological polar surface area (TPSA) is 115 Å². The van der Waals surface area contributed by atoms with Crippen LogP contribution in [0.1, 0.15) is 27.4 Å². The number of nitrogens with one attached hydrogen (secondary N) is 1. The maximum atomic E-state index is 14.1. The number of rotatable bonds is 5. The normalized spacial score (nSPS) is 11.4. The number of pyridine rings is 1. The summed E-state index contributed by atoms with van der Waals surface area (Å²) in [5.41, 5.74) is 1.59. The summed E-state index contributed by atoms with van der Waals surface area (Å²) in [6.45, 7) is 3.63. The molecule has 0 saturated heterocycles. The molecule has 10 heteroatoms. The van der Waals surface area contributed by atoms with Gasteiger partial charge in [0.05, 0.1) is 0 Å². The van der Waals surface area contributed by atoms with E-state index in [0.29, 0.717) is 11.5 Å². The second-order valence-corrected chi connectivity index (χ2v) is 7.83. The van der Waals surface area contributed by atoms with Crippen LogP contribution in [0.25, 0.3) is 0 Å². The highest BCUT2D eigenvalue weighted by atomic mass is 32.2. The van der Waals surface area contributed by atoms with Crippen LogP contribution in [0.15, 0.2) is 46.1 Å². The first-order valence-corrected chi connectivity index (χ1v) is 9.44. The van der Waals surface area contributed by atoms with Crippen molar-refractivity contribution in [3.8, 4) is 0 Å². The average molecular weight is 390 g/mol. The molecule has 3 rings (SSSR count). The highest BCUT2D eigenvalue weighted by Gasteiger charge is 2.24. The molecule has 27 heavy (non-hydrogen) atoms. The summed E-state index contributed by atoms with van der Waals surface area (Å²) in [4.78, 5) is 19.6. The quantitative estimate of drug-likeness (QED) is 0.711. The summed E-state index contributed by atoms with van der Waals surface area (Å²) in [5.74, 6) is -2.02. The molecule has 0 unspecified atom stereocenters. The molecule has 0 spiro atoms. The first kappa shape index (κ1) is 18.6. The van der Waals surface area contributed by atoms with Crippen molar-refractivity contribution in [1.29, 1.82) is 0 Å². The van der Waals surface area contributed by atoms with Gasteiger partial charge in [0.25, 0.3) is 5.91 Å².